The van der Waals surface area contributed by atoms with E-state index in [2.05, 4.69) is 5.32 Å². The van der Waals surface area contributed by atoms with Gasteiger partial charge in [0.1, 0.15) is 30.0 Å². The molecule has 12 atom stereocenters. The van der Waals surface area contributed by atoms with E-state index >= 15 is 0 Å². The molecule has 0 unspecified atom stereocenters. The Labute approximate surface area is 376 Å². The van der Waals surface area contributed by atoms with Crippen LogP contribution in [0, 0.1) is 16.7 Å². The van der Waals surface area contributed by atoms with Gasteiger partial charge in [0.15, 0.2) is 17.8 Å². The molecule has 1 saturated heterocycles. The summed E-state index contributed by atoms with van der Waals surface area (Å²) in [7, 11) is 0. The van der Waals surface area contributed by atoms with Crippen LogP contribution in [0.1, 0.15) is 86.7 Å². The van der Waals surface area contributed by atoms with Gasteiger partial charge in [0, 0.05) is 43.1 Å². The van der Waals surface area contributed by atoms with Gasteiger partial charge in [0.2, 0.25) is 0 Å². The maximum atomic E-state index is 14.5. The maximum Gasteiger partial charge on any atom is 0.338 e. The first-order valence-corrected chi connectivity index (χ1v) is 21.7. The van der Waals surface area contributed by atoms with Gasteiger partial charge in [-0.05, 0) is 47.9 Å². The van der Waals surface area contributed by atoms with E-state index in [9.17, 15) is 44.4 Å². The van der Waals surface area contributed by atoms with Crippen molar-refractivity contribution in [3.05, 3.63) is 119 Å². The number of benzene rings is 3. The number of esters is 4. The summed E-state index contributed by atoms with van der Waals surface area (Å²) in [5.41, 5.74) is -6.29. The third kappa shape index (κ3) is 8.36. The van der Waals surface area contributed by atoms with E-state index in [0.29, 0.717) is 5.56 Å². The first-order chi connectivity index (χ1) is 30.8. The van der Waals surface area contributed by atoms with Crippen molar-refractivity contribution in [2.24, 2.45) is 16.7 Å². The molecule has 3 aromatic carbocycles. The van der Waals surface area contributed by atoms with Gasteiger partial charge in [-0.25, -0.2) is 9.59 Å². The fraction of sp³-hybridized carbons (Fsp3) is 0.490. The van der Waals surface area contributed by atoms with Crippen molar-refractivity contribution in [1.29, 1.82) is 0 Å². The molecule has 1 aliphatic heterocycles. The Bertz CT molecular complexity index is 2290. The second-order valence-corrected chi connectivity index (χ2v) is 18.1. The molecule has 5 N–H and O–H groups in total. The second kappa shape index (κ2) is 18.4. The average molecular weight is 900 g/mol. The van der Waals surface area contributed by atoms with Crippen molar-refractivity contribution in [2.45, 2.75) is 114 Å². The first kappa shape index (κ1) is 47.5. The van der Waals surface area contributed by atoms with Crippen molar-refractivity contribution >= 4 is 29.8 Å². The van der Waals surface area contributed by atoms with E-state index < -0.39 is 120 Å². The number of hydrogen-bond donors (Lipinski definition) is 5. The molecule has 16 nitrogen and oxygen atoms in total. The molecule has 2 saturated carbocycles. The highest BCUT2D eigenvalue weighted by atomic mass is 16.6. The lowest BCUT2D eigenvalue weighted by Gasteiger charge is -2.69. The van der Waals surface area contributed by atoms with Crippen LogP contribution in [-0.2, 0) is 42.8 Å². The summed E-state index contributed by atoms with van der Waals surface area (Å²) in [5.74, 6) is -5.65. The predicted octanol–water partition coefficient (Wildman–Crippen LogP) is 3.54. The summed E-state index contributed by atoms with van der Waals surface area (Å²) in [6, 6.07) is 23.2. The average Bonchev–Trinajstić information content (AvgIpc) is 3.27. The lowest BCUT2D eigenvalue weighted by molar-refractivity contribution is -0.368. The number of aliphatic hydroxyl groups is 4. The molecule has 1 amide bonds. The van der Waals surface area contributed by atoms with Crippen LogP contribution in [0.2, 0.25) is 0 Å². The minimum Gasteiger partial charge on any atom is -0.456 e. The number of amides is 1. The Morgan fingerprint density at radius 1 is 0.846 bits per heavy atom. The molecule has 0 aromatic heterocycles. The summed E-state index contributed by atoms with van der Waals surface area (Å²) < 4.78 is 37.3. The number of hydrogen-bond acceptors (Lipinski definition) is 15. The van der Waals surface area contributed by atoms with Crippen molar-refractivity contribution in [3.8, 4) is 0 Å². The molecule has 3 fully saturated rings. The standard InChI is InChI=1S/C49H57NO15/c1-27-33(63-45(58)38(54)37(30-16-10-7-11-17-30)50-43(56)31-18-12-8-13-19-31)25-49(59)42(64-44(57)32-20-14-9-15-21-32)40-47(6,41(55)39(62-28(2)52)36(27)46(49,4)5)34(60-23-22-51)24-35-48(40,26-61-35)65-29(3)53/h7-21,33-35,37-42,51,54-55,59H,22-26H2,1-6H3,(H,50,56)/t33-,34-,35+,37-,38+,39+,40-,41-,42-,47+,48-,49+/m0/s1. The van der Waals surface area contributed by atoms with Gasteiger partial charge in [0.25, 0.3) is 5.91 Å². The molecule has 2 bridgehead atoms. The Balaban J connectivity index is 1.41. The van der Waals surface area contributed by atoms with Crippen LogP contribution in [0.15, 0.2) is 102 Å². The largest absolute Gasteiger partial charge is 0.456 e. The fourth-order valence-electron chi connectivity index (χ4n) is 10.8. The molecule has 0 spiro atoms. The molecule has 3 aliphatic carbocycles. The third-order valence-corrected chi connectivity index (χ3v) is 14.1. The highest BCUT2D eigenvalue weighted by molar-refractivity contribution is 5.95. The van der Waals surface area contributed by atoms with Crippen molar-refractivity contribution in [1.82, 2.24) is 5.32 Å². The van der Waals surface area contributed by atoms with Gasteiger partial charge in [-0.3, -0.25) is 14.4 Å². The molecule has 1 heterocycles. The summed E-state index contributed by atoms with van der Waals surface area (Å²) in [6.45, 7) is 7.87. The van der Waals surface area contributed by atoms with Crippen LogP contribution in [-0.4, -0.2) is 124 Å². The monoisotopic (exact) mass is 899 g/mol. The Hall–Kier alpha value is -5.49. The van der Waals surface area contributed by atoms with Crippen LogP contribution in [0.4, 0.5) is 0 Å². The predicted molar refractivity (Wildman–Crippen MR) is 230 cm³/mol. The van der Waals surface area contributed by atoms with Gasteiger partial charge in [-0.2, -0.15) is 0 Å². The quantitative estimate of drug-likeness (QED) is 0.0938. The molecule has 16 heteroatoms. The highest BCUT2D eigenvalue weighted by Gasteiger charge is 2.78. The number of rotatable bonds is 13. The zero-order valence-corrected chi connectivity index (χ0v) is 37.2. The number of aliphatic hydroxyl groups excluding tert-OH is 3. The molecular formula is C49H57NO15. The number of carbonyl (C=O) groups excluding carboxylic acids is 5. The normalized spacial score (nSPS) is 32.1. The minimum absolute atomic E-state index is 0.00481. The maximum absolute atomic E-state index is 14.5. The van der Waals surface area contributed by atoms with E-state index in [0.717, 1.165) is 6.92 Å². The molecule has 348 valence electrons. The molecule has 3 aromatic rings. The number of nitrogens with one attached hydrogen (secondary N) is 1. The fourth-order valence-corrected chi connectivity index (χ4v) is 10.8. The number of carbonyl (C=O) groups is 5. The van der Waals surface area contributed by atoms with Gasteiger partial charge in [-0.15, -0.1) is 0 Å². The molecule has 7 rings (SSSR count). The van der Waals surface area contributed by atoms with Gasteiger partial charge < -0.3 is 54.2 Å². The smallest absolute Gasteiger partial charge is 0.338 e. The van der Waals surface area contributed by atoms with E-state index in [1.165, 1.54) is 19.1 Å². The van der Waals surface area contributed by atoms with Crippen molar-refractivity contribution in [3.63, 3.8) is 0 Å². The Morgan fingerprint density at radius 2 is 1.45 bits per heavy atom. The zero-order valence-electron chi connectivity index (χ0n) is 37.2. The van der Waals surface area contributed by atoms with Crippen LogP contribution in [0.5, 0.6) is 0 Å². The van der Waals surface area contributed by atoms with Gasteiger partial charge >= 0.3 is 23.9 Å². The van der Waals surface area contributed by atoms with Crippen LogP contribution in [0.25, 0.3) is 0 Å². The summed E-state index contributed by atoms with van der Waals surface area (Å²) in [4.78, 5) is 68.7. The molecule has 4 aliphatic rings. The van der Waals surface area contributed by atoms with Gasteiger partial charge in [0.05, 0.1) is 43.4 Å². The summed E-state index contributed by atoms with van der Waals surface area (Å²) in [6.07, 6.45) is -11.1. The van der Waals surface area contributed by atoms with Crippen LogP contribution in [0.3, 0.4) is 0 Å². The van der Waals surface area contributed by atoms with Crippen molar-refractivity contribution in [2.75, 3.05) is 19.8 Å². The third-order valence-electron chi connectivity index (χ3n) is 14.1. The van der Waals surface area contributed by atoms with E-state index in [1.807, 2.05) is 0 Å². The Morgan fingerprint density at radius 3 is 2.00 bits per heavy atom. The van der Waals surface area contributed by atoms with E-state index in [-0.39, 0.29) is 41.9 Å². The number of ether oxygens (including phenoxy) is 6. The lowest BCUT2D eigenvalue weighted by Crippen LogP contribution is -2.82. The summed E-state index contributed by atoms with van der Waals surface area (Å²) in [5, 5.41) is 51.6. The molecular weight excluding hydrogens is 843 g/mol. The minimum atomic E-state index is -2.35. The Kier molecular flexibility index (Phi) is 13.4. The van der Waals surface area contributed by atoms with Crippen molar-refractivity contribution < 1.29 is 72.8 Å². The summed E-state index contributed by atoms with van der Waals surface area (Å²) >= 11 is 0. The van der Waals surface area contributed by atoms with Crippen LogP contribution < -0.4 is 5.32 Å². The number of fused-ring (bicyclic) bond motifs is 5. The van der Waals surface area contributed by atoms with E-state index in [4.69, 9.17) is 28.4 Å². The van der Waals surface area contributed by atoms with E-state index in [1.54, 1.807) is 107 Å². The lowest BCUT2D eigenvalue weighted by atomic mass is 9.44. The highest BCUT2D eigenvalue weighted by Crippen LogP contribution is 2.66. The second-order valence-electron chi connectivity index (χ2n) is 18.1. The van der Waals surface area contributed by atoms with Crippen LogP contribution >= 0.6 is 0 Å². The first-order valence-electron chi connectivity index (χ1n) is 21.7. The topological polar surface area (TPSA) is 234 Å². The zero-order chi connectivity index (χ0) is 47.1. The molecule has 0 radical (unpaired) electrons. The van der Waals surface area contributed by atoms with Gasteiger partial charge in [-0.1, -0.05) is 87.5 Å². The SMILES string of the molecule is CC(=O)O[C@@H]1C2=C(C)[C@@H](OC(=O)[C@H](O)[C@@H](NC(=O)c3ccccc3)c3ccccc3)C[C@@](O)([C@@H](OC(=O)c3ccccc3)[C@@H]3[C@]4(OC(C)=O)CO[C@@H]4C[C@H](OCCO)[C@@]3(C)[C@H]1O)C2(C)C. The molecule has 65 heavy (non-hydrogen) atoms.